The second-order valence-corrected chi connectivity index (χ2v) is 6.97. The standard InChI is InChI=1S/C15H17BrFNS/c1-10(7-13-5-3-11(2)19-13)18-9-12-4-6-15(17)14(16)8-12/h3-6,8,10,18H,7,9H2,1-2H3. The van der Waals surface area contributed by atoms with Crippen LogP contribution in [0, 0.1) is 12.7 Å². The number of nitrogens with one attached hydrogen (secondary N) is 1. The van der Waals surface area contributed by atoms with Crippen LogP contribution in [0.5, 0.6) is 0 Å². The molecule has 0 aliphatic heterocycles. The van der Waals surface area contributed by atoms with E-state index in [9.17, 15) is 4.39 Å². The van der Waals surface area contributed by atoms with Crippen LogP contribution in [0.25, 0.3) is 0 Å². The van der Waals surface area contributed by atoms with Crippen LogP contribution >= 0.6 is 27.3 Å². The molecule has 0 radical (unpaired) electrons. The Morgan fingerprint density at radius 3 is 2.74 bits per heavy atom. The third kappa shape index (κ3) is 4.41. The summed E-state index contributed by atoms with van der Waals surface area (Å²) < 4.78 is 13.6. The van der Waals surface area contributed by atoms with E-state index in [0.717, 1.165) is 18.5 Å². The monoisotopic (exact) mass is 341 g/mol. The summed E-state index contributed by atoms with van der Waals surface area (Å²) in [7, 11) is 0. The lowest BCUT2D eigenvalue weighted by atomic mass is 10.1. The van der Waals surface area contributed by atoms with Gasteiger partial charge in [-0.15, -0.1) is 11.3 Å². The van der Waals surface area contributed by atoms with Crippen LogP contribution < -0.4 is 5.32 Å². The zero-order valence-corrected chi connectivity index (χ0v) is 13.4. The molecule has 0 fully saturated rings. The molecule has 1 heterocycles. The smallest absolute Gasteiger partial charge is 0.137 e. The molecule has 1 N–H and O–H groups in total. The first kappa shape index (κ1) is 14.7. The predicted molar refractivity (Wildman–Crippen MR) is 83.2 cm³/mol. The Kier molecular flexibility index (Phi) is 5.13. The third-order valence-corrected chi connectivity index (χ3v) is 4.57. The van der Waals surface area contributed by atoms with Gasteiger partial charge in [-0.25, -0.2) is 4.39 Å². The topological polar surface area (TPSA) is 12.0 Å². The van der Waals surface area contributed by atoms with Crippen molar-refractivity contribution in [2.45, 2.75) is 32.9 Å². The van der Waals surface area contributed by atoms with Crippen molar-refractivity contribution in [1.82, 2.24) is 5.32 Å². The predicted octanol–water partition coefficient (Wildman–Crippen LogP) is 4.68. The summed E-state index contributed by atoms with van der Waals surface area (Å²) in [6.45, 7) is 5.06. The molecular weight excluding hydrogens is 325 g/mol. The maximum atomic E-state index is 13.1. The number of aryl methyl sites for hydroxylation is 1. The number of thiophene rings is 1. The molecule has 0 saturated heterocycles. The number of halogens is 2. The van der Waals surface area contributed by atoms with Crippen molar-refractivity contribution in [3.05, 3.63) is 55.9 Å². The first-order valence-corrected chi connectivity index (χ1v) is 7.88. The molecule has 102 valence electrons. The molecule has 0 amide bonds. The maximum absolute atomic E-state index is 13.1. The number of benzene rings is 1. The van der Waals surface area contributed by atoms with Gasteiger partial charge in [0.05, 0.1) is 4.47 Å². The number of rotatable bonds is 5. The Hall–Kier alpha value is -0.710. The minimum absolute atomic E-state index is 0.217. The molecule has 19 heavy (non-hydrogen) atoms. The van der Waals surface area contributed by atoms with Gasteiger partial charge in [-0.1, -0.05) is 6.07 Å². The average Bonchev–Trinajstić information content (AvgIpc) is 2.76. The van der Waals surface area contributed by atoms with E-state index in [4.69, 9.17) is 0 Å². The second kappa shape index (κ2) is 6.64. The molecule has 0 aliphatic rings. The van der Waals surface area contributed by atoms with Gasteiger partial charge in [-0.05, 0) is 66.0 Å². The molecule has 0 spiro atoms. The number of hydrogen-bond donors (Lipinski definition) is 1. The average molecular weight is 342 g/mol. The van der Waals surface area contributed by atoms with Crippen molar-refractivity contribution >= 4 is 27.3 Å². The zero-order valence-electron chi connectivity index (χ0n) is 11.0. The van der Waals surface area contributed by atoms with Crippen LogP contribution in [0.3, 0.4) is 0 Å². The van der Waals surface area contributed by atoms with Gasteiger partial charge in [0.25, 0.3) is 0 Å². The highest BCUT2D eigenvalue weighted by molar-refractivity contribution is 9.10. The molecule has 1 atom stereocenters. The van der Waals surface area contributed by atoms with Gasteiger partial charge in [-0.3, -0.25) is 0 Å². The van der Waals surface area contributed by atoms with E-state index in [0.29, 0.717) is 10.5 Å². The lowest BCUT2D eigenvalue weighted by Crippen LogP contribution is -2.27. The zero-order chi connectivity index (χ0) is 13.8. The van der Waals surface area contributed by atoms with Crippen molar-refractivity contribution < 1.29 is 4.39 Å². The summed E-state index contributed by atoms with van der Waals surface area (Å²) in [5, 5.41) is 3.47. The van der Waals surface area contributed by atoms with Crippen LogP contribution in [0.4, 0.5) is 4.39 Å². The molecule has 0 aliphatic carbocycles. The fraction of sp³-hybridized carbons (Fsp3) is 0.333. The van der Waals surface area contributed by atoms with E-state index < -0.39 is 0 Å². The summed E-state index contributed by atoms with van der Waals surface area (Å²) in [4.78, 5) is 2.75. The van der Waals surface area contributed by atoms with E-state index in [1.807, 2.05) is 23.5 Å². The fourth-order valence-electron chi connectivity index (χ4n) is 1.91. The van der Waals surface area contributed by atoms with Crippen molar-refractivity contribution in [2.24, 2.45) is 0 Å². The molecule has 0 bridgehead atoms. The maximum Gasteiger partial charge on any atom is 0.137 e. The van der Waals surface area contributed by atoms with Crippen LogP contribution in [-0.4, -0.2) is 6.04 Å². The van der Waals surface area contributed by atoms with Gasteiger partial charge < -0.3 is 5.32 Å². The largest absolute Gasteiger partial charge is 0.310 e. The Balaban J connectivity index is 1.86. The van der Waals surface area contributed by atoms with Crippen LogP contribution in [0.15, 0.2) is 34.8 Å². The Morgan fingerprint density at radius 1 is 1.32 bits per heavy atom. The van der Waals surface area contributed by atoms with Gasteiger partial charge in [-0.2, -0.15) is 0 Å². The van der Waals surface area contributed by atoms with E-state index >= 15 is 0 Å². The lowest BCUT2D eigenvalue weighted by Gasteiger charge is -2.13. The first-order chi connectivity index (χ1) is 9.04. The molecule has 0 saturated carbocycles. The summed E-state index contributed by atoms with van der Waals surface area (Å²) in [5.41, 5.74) is 1.09. The second-order valence-electron chi connectivity index (χ2n) is 4.75. The van der Waals surface area contributed by atoms with E-state index in [1.54, 1.807) is 0 Å². The van der Waals surface area contributed by atoms with Gasteiger partial charge in [0, 0.05) is 22.3 Å². The quantitative estimate of drug-likeness (QED) is 0.832. The van der Waals surface area contributed by atoms with Crippen molar-refractivity contribution in [1.29, 1.82) is 0 Å². The molecule has 2 aromatic rings. The van der Waals surface area contributed by atoms with Crippen LogP contribution in [-0.2, 0) is 13.0 Å². The first-order valence-electron chi connectivity index (χ1n) is 6.27. The third-order valence-electron chi connectivity index (χ3n) is 2.94. The summed E-state index contributed by atoms with van der Waals surface area (Å²) in [5.74, 6) is -0.217. The lowest BCUT2D eigenvalue weighted by molar-refractivity contribution is 0.547. The molecule has 4 heteroatoms. The minimum Gasteiger partial charge on any atom is -0.310 e. The molecule has 1 aromatic heterocycles. The normalized spacial score (nSPS) is 12.6. The van der Waals surface area contributed by atoms with Gasteiger partial charge in [0.1, 0.15) is 5.82 Å². The molecular formula is C15H17BrFNS. The molecule has 1 aromatic carbocycles. The molecule has 1 unspecified atom stereocenters. The summed E-state index contributed by atoms with van der Waals surface area (Å²) >= 11 is 5.05. The van der Waals surface area contributed by atoms with Crippen molar-refractivity contribution in [3.8, 4) is 0 Å². The highest BCUT2D eigenvalue weighted by Gasteiger charge is 2.06. The van der Waals surface area contributed by atoms with E-state index in [-0.39, 0.29) is 5.82 Å². The summed E-state index contributed by atoms with van der Waals surface area (Å²) in [6.07, 6.45) is 1.03. The Morgan fingerprint density at radius 2 is 2.11 bits per heavy atom. The SMILES string of the molecule is Cc1ccc(CC(C)NCc2ccc(F)c(Br)c2)s1. The van der Waals surface area contributed by atoms with E-state index in [1.165, 1.54) is 15.8 Å². The Bertz CT molecular complexity index is 553. The van der Waals surface area contributed by atoms with E-state index in [2.05, 4.69) is 47.2 Å². The van der Waals surface area contributed by atoms with Gasteiger partial charge >= 0.3 is 0 Å². The highest BCUT2D eigenvalue weighted by Crippen LogP contribution is 2.18. The molecule has 1 nitrogen and oxygen atoms in total. The van der Waals surface area contributed by atoms with Gasteiger partial charge in [0.15, 0.2) is 0 Å². The minimum atomic E-state index is -0.217. The van der Waals surface area contributed by atoms with Crippen LogP contribution in [0.1, 0.15) is 22.2 Å². The van der Waals surface area contributed by atoms with Crippen LogP contribution in [0.2, 0.25) is 0 Å². The highest BCUT2D eigenvalue weighted by atomic mass is 79.9. The van der Waals surface area contributed by atoms with Crippen molar-refractivity contribution in [3.63, 3.8) is 0 Å². The summed E-state index contributed by atoms with van der Waals surface area (Å²) in [6, 6.07) is 9.88. The van der Waals surface area contributed by atoms with Crippen molar-refractivity contribution in [2.75, 3.05) is 0 Å². The molecule has 2 rings (SSSR count). The van der Waals surface area contributed by atoms with Gasteiger partial charge in [0.2, 0.25) is 0 Å². The number of hydrogen-bond acceptors (Lipinski definition) is 2. The Labute approximate surface area is 126 Å². The fourth-order valence-corrected chi connectivity index (χ4v) is 3.36.